The van der Waals surface area contributed by atoms with Crippen molar-refractivity contribution in [2.45, 2.75) is 6.42 Å². The van der Waals surface area contributed by atoms with Gasteiger partial charge in [0, 0.05) is 13.6 Å². The fourth-order valence-electron chi connectivity index (χ4n) is 1.08. The van der Waals surface area contributed by atoms with E-state index in [0.29, 0.717) is 6.54 Å². The Labute approximate surface area is 96.4 Å². The molecule has 0 aliphatic rings. The molecule has 7 nitrogen and oxygen atoms in total. The topological polar surface area (TPSA) is 96.0 Å². The molecule has 0 atom stereocenters. The maximum absolute atomic E-state index is 10.7. The van der Waals surface area contributed by atoms with Crippen LogP contribution in [0.3, 0.4) is 0 Å². The largest absolute Gasteiger partial charge is 0.353 e. The molecule has 1 aromatic rings. The zero-order valence-electron chi connectivity index (χ0n) is 8.42. The number of anilines is 1. The average Bonchev–Trinajstić information content (AvgIpc) is 2.25. The minimum atomic E-state index is -0.589. The molecule has 0 saturated heterocycles. The highest BCUT2D eigenvalue weighted by atomic mass is 35.5. The van der Waals surface area contributed by atoms with E-state index in [2.05, 4.69) is 9.97 Å². The van der Waals surface area contributed by atoms with Crippen LogP contribution in [0.15, 0.2) is 6.20 Å². The Hall–Kier alpha value is -1.94. The summed E-state index contributed by atoms with van der Waals surface area (Å²) in [6.07, 6.45) is 1.29. The predicted molar refractivity (Wildman–Crippen MR) is 57.2 cm³/mol. The number of rotatable bonds is 4. The second-order valence-corrected chi connectivity index (χ2v) is 3.27. The van der Waals surface area contributed by atoms with E-state index in [-0.39, 0.29) is 23.2 Å². The van der Waals surface area contributed by atoms with Gasteiger partial charge in [-0.3, -0.25) is 10.1 Å². The van der Waals surface area contributed by atoms with Crippen LogP contribution in [0.5, 0.6) is 0 Å². The molecule has 0 amide bonds. The van der Waals surface area contributed by atoms with Gasteiger partial charge in [-0.05, 0) is 11.6 Å². The first-order valence-electron chi connectivity index (χ1n) is 4.31. The lowest BCUT2D eigenvalue weighted by atomic mass is 10.4. The molecule has 0 spiro atoms. The quantitative estimate of drug-likeness (QED) is 0.449. The maximum Gasteiger partial charge on any atom is 0.329 e. The van der Waals surface area contributed by atoms with Gasteiger partial charge in [0.25, 0.3) is 0 Å². The van der Waals surface area contributed by atoms with Gasteiger partial charge in [0.05, 0.1) is 17.4 Å². The number of nitriles is 1. The molecule has 1 aromatic heterocycles. The van der Waals surface area contributed by atoms with Crippen molar-refractivity contribution in [1.29, 1.82) is 5.26 Å². The van der Waals surface area contributed by atoms with Gasteiger partial charge in [0.1, 0.15) is 6.20 Å². The zero-order valence-corrected chi connectivity index (χ0v) is 9.18. The smallest absolute Gasteiger partial charge is 0.329 e. The predicted octanol–water partition coefficient (Wildman–Crippen LogP) is 1.39. The zero-order chi connectivity index (χ0) is 12.1. The standard InChI is InChI=1S/C8H8ClN5O2/c1-13(4-2-3-10)7-6(14(15)16)5-11-8(9)12-7/h5H,2,4H2,1H3. The van der Waals surface area contributed by atoms with E-state index >= 15 is 0 Å². The summed E-state index contributed by atoms with van der Waals surface area (Å²) in [6.45, 7) is 0.338. The summed E-state index contributed by atoms with van der Waals surface area (Å²) in [5, 5.41) is 19.1. The van der Waals surface area contributed by atoms with Crippen molar-refractivity contribution >= 4 is 23.1 Å². The average molecular weight is 242 g/mol. The molecule has 0 aliphatic carbocycles. The highest BCUT2D eigenvalue weighted by molar-refractivity contribution is 6.28. The van der Waals surface area contributed by atoms with Crippen molar-refractivity contribution in [3.8, 4) is 6.07 Å². The summed E-state index contributed by atoms with van der Waals surface area (Å²) < 4.78 is 0. The third-order valence-corrected chi connectivity index (χ3v) is 2.02. The van der Waals surface area contributed by atoms with Crippen LogP contribution in [-0.4, -0.2) is 28.5 Å². The molecular weight excluding hydrogens is 234 g/mol. The third kappa shape index (κ3) is 2.77. The lowest BCUT2D eigenvalue weighted by molar-refractivity contribution is -0.384. The number of hydrogen-bond donors (Lipinski definition) is 0. The molecule has 1 rings (SSSR count). The van der Waals surface area contributed by atoms with Crippen LogP contribution in [0.25, 0.3) is 0 Å². The summed E-state index contributed by atoms with van der Waals surface area (Å²) in [5.74, 6) is 0.111. The van der Waals surface area contributed by atoms with Gasteiger partial charge in [-0.2, -0.15) is 10.2 Å². The summed E-state index contributed by atoms with van der Waals surface area (Å²) in [4.78, 5) is 18.9. The van der Waals surface area contributed by atoms with Gasteiger partial charge in [-0.15, -0.1) is 0 Å². The molecule has 16 heavy (non-hydrogen) atoms. The molecule has 1 heterocycles. The fraction of sp³-hybridized carbons (Fsp3) is 0.375. The van der Waals surface area contributed by atoms with Gasteiger partial charge in [0.2, 0.25) is 11.1 Å². The van der Waals surface area contributed by atoms with Crippen molar-refractivity contribution in [1.82, 2.24) is 9.97 Å². The van der Waals surface area contributed by atoms with E-state index < -0.39 is 4.92 Å². The van der Waals surface area contributed by atoms with Crippen LogP contribution in [0.1, 0.15) is 6.42 Å². The molecule has 0 bridgehead atoms. The number of halogens is 1. The van der Waals surface area contributed by atoms with Gasteiger partial charge in [-0.1, -0.05) is 0 Å². The first-order chi connectivity index (χ1) is 7.56. The minimum Gasteiger partial charge on any atom is -0.353 e. The summed E-state index contributed by atoms with van der Waals surface area (Å²) in [5.41, 5.74) is -0.232. The Kier molecular flexibility index (Phi) is 3.96. The second kappa shape index (κ2) is 5.23. The number of nitrogens with zero attached hydrogens (tertiary/aromatic N) is 5. The Balaban J connectivity index is 3.05. The lowest BCUT2D eigenvalue weighted by Crippen LogP contribution is -2.20. The van der Waals surface area contributed by atoms with E-state index in [4.69, 9.17) is 16.9 Å². The molecule has 8 heteroatoms. The van der Waals surface area contributed by atoms with Crippen LogP contribution in [-0.2, 0) is 0 Å². The van der Waals surface area contributed by atoms with Gasteiger partial charge in [0.15, 0.2) is 0 Å². The molecule has 0 saturated carbocycles. The van der Waals surface area contributed by atoms with Gasteiger partial charge in [-0.25, -0.2) is 4.98 Å². The summed E-state index contributed by atoms with van der Waals surface area (Å²) in [7, 11) is 1.60. The second-order valence-electron chi connectivity index (χ2n) is 2.93. The molecule has 0 aromatic carbocycles. The van der Waals surface area contributed by atoms with Crippen LogP contribution in [0, 0.1) is 21.4 Å². The first-order valence-corrected chi connectivity index (χ1v) is 4.69. The monoisotopic (exact) mass is 241 g/mol. The highest BCUT2D eigenvalue weighted by Crippen LogP contribution is 2.24. The van der Waals surface area contributed by atoms with Crippen molar-refractivity contribution in [3.05, 3.63) is 21.6 Å². The summed E-state index contributed by atoms with van der Waals surface area (Å²) >= 11 is 5.56. The van der Waals surface area contributed by atoms with Crippen LogP contribution < -0.4 is 4.90 Å². The number of hydrogen-bond acceptors (Lipinski definition) is 6. The third-order valence-electron chi connectivity index (χ3n) is 1.84. The van der Waals surface area contributed by atoms with E-state index in [1.807, 2.05) is 6.07 Å². The van der Waals surface area contributed by atoms with Crippen molar-refractivity contribution in [2.75, 3.05) is 18.5 Å². The van der Waals surface area contributed by atoms with Crippen LogP contribution >= 0.6 is 11.6 Å². The molecule has 0 N–H and O–H groups in total. The molecule has 0 unspecified atom stereocenters. The van der Waals surface area contributed by atoms with E-state index in [9.17, 15) is 10.1 Å². The van der Waals surface area contributed by atoms with Gasteiger partial charge < -0.3 is 4.90 Å². The fourth-order valence-corrected chi connectivity index (χ4v) is 1.21. The van der Waals surface area contributed by atoms with Crippen molar-refractivity contribution in [3.63, 3.8) is 0 Å². The molecule has 0 fully saturated rings. The molecule has 0 aliphatic heterocycles. The molecule has 0 radical (unpaired) electrons. The highest BCUT2D eigenvalue weighted by Gasteiger charge is 2.19. The molecule has 84 valence electrons. The van der Waals surface area contributed by atoms with E-state index in [1.54, 1.807) is 7.05 Å². The minimum absolute atomic E-state index is 0.0654. The first kappa shape index (κ1) is 12.1. The van der Waals surface area contributed by atoms with Crippen molar-refractivity contribution in [2.24, 2.45) is 0 Å². The Morgan fingerprint density at radius 2 is 2.44 bits per heavy atom. The Morgan fingerprint density at radius 1 is 1.75 bits per heavy atom. The maximum atomic E-state index is 10.7. The number of aromatic nitrogens is 2. The van der Waals surface area contributed by atoms with Crippen molar-refractivity contribution < 1.29 is 4.92 Å². The Morgan fingerprint density at radius 3 is 3.00 bits per heavy atom. The normalized spacial score (nSPS) is 9.56. The summed E-state index contributed by atoms with van der Waals surface area (Å²) in [6, 6.07) is 1.94. The van der Waals surface area contributed by atoms with E-state index in [0.717, 1.165) is 6.20 Å². The molecular formula is C8H8ClN5O2. The lowest BCUT2D eigenvalue weighted by Gasteiger charge is -2.15. The number of nitro groups is 1. The van der Waals surface area contributed by atoms with E-state index in [1.165, 1.54) is 4.90 Å². The van der Waals surface area contributed by atoms with Gasteiger partial charge >= 0.3 is 5.69 Å². The Bertz CT molecular complexity index is 445. The van der Waals surface area contributed by atoms with Crippen LogP contribution in [0.2, 0.25) is 5.28 Å². The van der Waals surface area contributed by atoms with Crippen LogP contribution in [0.4, 0.5) is 11.5 Å². The SMILES string of the molecule is CN(CCC#N)c1nc(Cl)ncc1[N+](=O)[O-].